The van der Waals surface area contributed by atoms with Gasteiger partial charge in [-0.05, 0) is 15.9 Å². The maximum atomic E-state index is 3.95. The summed E-state index contributed by atoms with van der Waals surface area (Å²) in [6.07, 6.45) is 1.71. The van der Waals surface area contributed by atoms with Crippen molar-refractivity contribution in [3.8, 4) is 0 Å². The van der Waals surface area contributed by atoms with Crippen LogP contribution in [-0.4, -0.2) is 15.2 Å². The highest BCUT2D eigenvalue weighted by Crippen LogP contribution is 2.20. The normalized spacial score (nSPS) is 9.56. The van der Waals surface area contributed by atoms with Crippen molar-refractivity contribution in [3.05, 3.63) is 12.0 Å². The number of aromatic nitrogens is 3. The van der Waals surface area contributed by atoms with Crippen LogP contribution < -0.4 is 0 Å². The Morgan fingerprint density at radius 3 is 2.78 bits per heavy atom. The molecule has 9 heavy (non-hydrogen) atoms. The molecule has 1 aromatic heterocycles. The Morgan fingerprint density at radius 1 is 1.56 bits per heavy atom. The molecule has 0 aliphatic carbocycles. The Labute approximate surface area is 69.3 Å². The summed E-state index contributed by atoms with van der Waals surface area (Å²) < 4.78 is 0. The zero-order chi connectivity index (χ0) is 6.69. The zero-order valence-electron chi connectivity index (χ0n) is 4.71. The summed E-state index contributed by atoms with van der Waals surface area (Å²) in [5, 5.41) is 8.45. The maximum Gasteiger partial charge on any atom is 0.147 e. The number of hydrogen-bond acceptors (Lipinski definition) is 4. The van der Waals surface area contributed by atoms with E-state index in [1.54, 1.807) is 6.20 Å². The van der Waals surface area contributed by atoms with E-state index >= 15 is 0 Å². The topological polar surface area (TPSA) is 38.7 Å². The lowest BCUT2D eigenvalue weighted by Gasteiger charge is -1.89. The molecule has 3 nitrogen and oxygen atoms in total. The first-order valence-corrected chi connectivity index (χ1v) is 5.64. The van der Waals surface area contributed by atoms with Gasteiger partial charge in [-0.2, -0.15) is 0 Å². The molecule has 0 aliphatic rings. The molecule has 0 fully saturated rings. The zero-order valence-corrected chi connectivity index (χ0v) is 7.68. The Balaban J connectivity index is 2.88. The van der Waals surface area contributed by atoms with E-state index < -0.39 is 0 Å². The van der Waals surface area contributed by atoms with Gasteiger partial charge < -0.3 is 0 Å². The van der Waals surface area contributed by atoms with Crippen LogP contribution in [0.3, 0.4) is 0 Å². The quantitative estimate of drug-likeness (QED) is 0.713. The first-order valence-electron chi connectivity index (χ1n) is 2.28. The Kier molecular flexibility index (Phi) is 2.65. The third-order valence-electron chi connectivity index (χ3n) is 0.734. The molecule has 0 radical (unpaired) electrons. The molecule has 0 spiro atoms. The van der Waals surface area contributed by atoms with Gasteiger partial charge in [0.25, 0.3) is 0 Å². The molecule has 48 valence electrons. The van der Waals surface area contributed by atoms with Crippen molar-refractivity contribution >= 4 is 30.1 Å². The Bertz CT molecular complexity index is 188. The van der Waals surface area contributed by atoms with E-state index in [1.165, 1.54) is 8.93 Å². The van der Waals surface area contributed by atoms with E-state index in [0.29, 0.717) is 5.82 Å². The van der Waals surface area contributed by atoms with E-state index in [0.717, 1.165) is 5.03 Å². The minimum atomic E-state index is 0.712. The van der Waals surface area contributed by atoms with Gasteiger partial charge in [0.1, 0.15) is 10.9 Å². The molecule has 0 atom stereocenters. The highest BCUT2D eigenvalue weighted by molar-refractivity contribution is 14.2. The van der Waals surface area contributed by atoms with Crippen LogP contribution in [0.5, 0.6) is 0 Å². The van der Waals surface area contributed by atoms with Crippen LogP contribution in [0.25, 0.3) is 0 Å². The van der Waals surface area contributed by atoms with Crippen molar-refractivity contribution in [2.45, 2.75) is 11.9 Å². The average molecular weight is 253 g/mol. The lowest BCUT2D eigenvalue weighted by molar-refractivity contribution is 0.836. The molecule has 0 saturated heterocycles. The van der Waals surface area contributed by atoms with Gasteiger partial charge in [0, 0.05) is 21.2 Å². The fraction of sp³-hybridized carbons (Fsp3) is 0.250. The second kappa shape index (κ2) is 3.31. The Hall–Kier alpha value is 0.0900. The van der Waals surface area contributed by atoms with E-state index in [1.807, 2.05) is 6.92 Å². The van der Waals surface area contributed by atoms with E-state index in [-0.39, 0.29) is 0 Å². The van der Waals surface area contributed by atoms with E-state index in [2.05, 4.69) is 36.4 Å². The fourth-order valence-electron chi connectivity index (χ4n) is 0.357. The van der Waals surface area contributed by atoms with Gasteiger partial charge in [-0.25, -0.2) is 4.98 Å². The minimum Gasteiger partial charge on any atom is -0.237 e. The summed E-state index contributed by atoms with van der Waals surface area (Å²) in [6, 6.07) is 0. The molecule has 0 saturated carbocycles. The lowest BCUT2D eigenvalue weighted by Crippen LogP contribution is -1.90. The van der Waals surface area contributed by atoms with Crippen molar-refractivity contribution in [2.24, 2.45) is 0 Å². The second-order valence-corrected chi connectivity index (χ2v) is 3.31. The van der Waals surface area contributed by atoms with Crippen LogP contribution in [0.1, 0.15) is 5.82 Å². The molecule has 0 unspecified atom stereocenters. The van der Waals surface area contributed by atoms with Gasteiger partial charge in [-0.15, -0.1) is 10.2 Å². The first-order chi connectivity index (χ1) is 4.33. The predicted octanol–water partition coefficient (Wildman–Crippen LogP) is 1.62. The fourth-order valence-corrected chi connectivity index (χ4v) is 1.13. The van der Waals surface area contributed by atoms with Crippen LogP contribution in [0.2, 0.25) is 0 Å². The van der Waals surface area contributed by atoms with Crippen molar-refractivity contribution in [1.29, 1.82) is 0 Å². The van der Waals surface area contributed by atoms with Gasteiger partial charge in [-0.1, -0.05) is 0 Å². The van der Waals surface area contributed by atoms with E-state index in [9.17, 15) is 0 Å². The first kappa shape index (κ1) is 7.20. The maximum absolute atomic E-state index is 3.95. The predicted molar refractivity (Wildman–Crippen MR) is 44.4 cm³/mol. The molecule has 1 aromatic rings. The molecule has 1 heterocycles. The summed E-state index contributed by atoms with van der Waals surface area (Å²) in [7, 11) is 1.51. The van der Waals surface area contributed by atoms with Gasteiger partial charge in [-0.3, -0.25) is 0 Å². The molecule has 0 amide bonds. The third-order valence-corrected chi connectivity index (χ3v) is 2.43. The summed E-state index contributed by atoms with van der Waals surface area (Å²) in [5.41, 5.74) is 0. The van der Waals surface area contributed by atoms with Crippen LogP contribution in [-0.2, 0) is 0 Å². The molecule has 0 bridgehead atoms. The average Bonchev–Trinajstić information content (AvgIpc) is 1.90. The molecule has 0 N–H and O–H groups in total. The monoisotopic (exact) mass is 253 g/mol. The van der Waals surface area contributed by atoms with Gasteiger partial charge in [0.15, 0.2) is 0 Å². The van der Waals surface area contributed by atoms with Crippen LogP contribution >= 0.6 is 30.1 Å². The summed E-state index contributed by atoms with van der Waals surface area (Å²) >= 11 is 2.14. The molecule has 0 aliphatic heterocycles. The van der Waals surface area contributed by atoms with Crippen LogP contribution in [0.4, 0.5) is 0 Å². The summed E-state index contributed by atoms with van der Waals surface area (Å²) in [6.45, 7) is 1.81. The molecule has 0 aromatic carbocycles. The minimum absolute atomic E-state index is 0.712. The van der Waals surface area contributed by atoms with Gasteiger partial charge >= 0.3 is 0 Å². The second-order valence-electron chi connectivity index (χ2n) is 1.42. The standard InChI is InChI=1S/C4H4IN3S/c1-3-6-2-4(9-5)8-7-3/h2H,1H3. The number of hydrogen-bond donors (Lipinski definition) is 0. The van der Waals surface area contributed by atoms with Crippen molar-refractivity contribution in [1.82, 2.24) is 15.2 Å². The van der Waals surface area contributed by atoms with Crippen LogP contribution in [0, 0.1) is 6.92 Å². The highest BCUT2D eigenvalue weighted by atomic mass is 127. The number of nitrogens with zero attached hydrogens (tertiary/aromatic N) is 3. The smallest absolute Gasteiger partial charge is 0.147 e. The van der Waals surface area contributed by atoms with Crippen molar-refractivity contribution in [2.75, 3.05) is 0 Å². The number of halogens is 1. The number of aryl methyl sites for hydroxylation is 1. The van der Waals surface area contributed by atoms with E-state index in [4.69, 9.17) is 0 Å². The van der Waals surface area contributed by atoms with Crippen molar-refractivity contribution in [3.63, 3.8) is 0 Å². The largest absolute Gasteiger partial charge is 0.237 e. The highest BCUT2D eigenvalue weighted by Gasteiger charge is 1.91. The number of rotatable bonds is 1. The lowest BCUT2D eigenvalue weighted by atomic mass is 10.7. The van der Waals surface area contributed by atoms with Gasteiger partial charge in [0.2, 0.25) is 0 Å². The van der Waals surface area contributed by atoms with Crippen LogP contribution in [0.15, 0.2) is 11.2 Å². The molecular weight excluding hydrogens is 249 g/mol. The summed E-state index contributed by atoms with van der Waals surface area (Å²) in [4.78, 5) is 3.95. The SMILES string of the molecule is Cc1ncc(SI)nn1. The third kappa shape index (κ3) is 2.05. The summed E-state index contributed by atoms with van der Waals surface area (Å²) in [5.74, 6) is 0.712. The molecular formula is C4H4IN3S. The Morgan fingerprint density at radius 2 is 2.33 bits per heavy atom. The molecule has 5 heteroatoms. The van der Waals surface area contributed by atoms with Crippen molar-refractivity contribution < 1.29 is 0 Å². The van der Waals surface area contributed by atoms with Gasteiger partial charge in [0.05, 0.1) is 6.20 Å². The molecule has 1 rings (SSSR count).